The van der Waals surface area contributed by atoms with Crippen molar-refractivity contribution in [3.8, 4) is 11.6 Å². The van der Waals surface area contributed by atoms with Crippen LogP contribution in [-0.4, -0.2) is 36.1 Å². The van der Waals surface area contributed by atoms with Crippen molar-refractivity contribution in [1.82, 2.24) is 15.3 Å². The summed E-state index contributed by atoms with van der Waals surface area (Å²) in [5.41, 5.74) is -1.79. The maximum absolute atomic E-state index is 13.5. The highest BCUT2D eigenvalue weighted by Crippen LogP contribution is 2.33. The van der Waals surface area contributed by atoms with Gasteiger partial charge in [0.05, 0.1) is 5.56 Å². The van der Waals surface area contributed by atoms with Gasteiger partial charge < -0.3 is 19.6 Å². The number of benzene rings is 1. The van der Waals surface area contributed by atoms with Crippen LogP contribution in [0.4, 0.5) is 23.2 Å². The molecule has 1 saturated heterocycles. The molecule has 1 aliphatic heterocycles. The van der Waals surface area contributed by atoms with Crippen molar-refractivity contribution >= 4 is 16.8 Å². The first-order valence-corrected chi connectivity index (χ1v) is 8.19. The van der Waals surface area contributed by atoms with Crippen LogP contribution in [0.3, 0.4) is 0 Å². The van der Waals surface area contributed by atoms with Crippen molar-refractivity contribution in [2.45, 2.75) is 6.18 Å². The standard InChI is InChI=1S/C17H14F4N4O2/c18-14-10(17(19,20)21)8-12(23-15(14)26)16-24-11-7-9(1-2-13(11)27-16)25-5-3-22-4-6-25/h1-2,7-8,22H,3-6H2,(H,23,26). The Morgan fingerprint density at radius 2 is 1.89 bits per heavy atom. The number of anilines is 1. The summed E-state index contributed by atoms with van der Waals surface area (Å²) >= 11 is 0. The maximum Gasteiger partial charge on any atom is 0.419 e. The molecule has 3 aromatic rings. The Bertz CT molecular complexity index is 1050. The number of pyridine rings is 1. The Balaban J connectivity index is 1.76. The second-order valence-corrected chi connectivity index (χ2v) is 6.15. The Morgan fingerprint density at radius 1 is 1.15 bits per heavy atom. The molecule has 0 bridgehead atoms. The number of aromatic amines is 1. The molecule has 0 spiro atoms. The molecule has 1 aromatic carbocycles. The van der Waals surface area contributed by atoms with Crippen molar-refractivity contribution in [3.63, 3.8) is 0 Å². The highest BCUT2D eigenvalue weighted by Gasteiger charge is 2.36. The second kappa shape index (κ2) is 6.38. The summed E-state index contributed by atoms with van der Waals surface area (Å²) in [6, 6.07) is 5.74. The molecule has 0 radical (unpaired) electrons. The van der Waals surface area contributed by atoms with Crippen LogP contribution in [0.2, 0.25) is 0 Å². The molecule has 142 valence electrons. The van der Waals surface area contributed by atoms with Gasteiger partial charge in [-0.05, 0) is 24.3 Å². The largest absolute Gasteiger partial charge is 0.435 e. The van der Waals surface area contributed by atoms with Crippen molar-refractivity contribution < 1.29 is 22.0 Å². The fourth-order valence-electron chi connectivity index (χ4n) is 3.02. The second-order valence-electron chi connectivity index (χ2n) is 6.15. The number of rotatable bonds is 2. The highest BCUT2D eigenvalue weighted by atomic mass is 19.4. The number of halogens is 4. The molecule has 0 atom stereocenters. The Kier molecular flexibility index (Phi) is 4.14. The predicted molar refractivity (Wildman–Crippen MR) is 90.1 cm³/mol. The van der Waals surface area contributed by atoms with Crippen LogP contribution in [-0.2, 0) is 6.18 Å². The summed E-state index contributed by atoms with van der Waals surface area (Å²) < 4.78 is 57.8. The van der Waals surface area contributed by atoms with Gasteiger partial charge in [0.1, 0.15) is 11.2 Å². The monoisotopic (exact) mass is 382 g/mol. The van der Waals surface area contributed by atoms with Crippen LogP contribution in [0.15, 0.2) is 33.5 Å². The van der Waals surface area contributed by atoms with Gasteiger partial charge >= 0.3 is 6.18 Å². The number of H-pyrrole nitrogens is 1. The van der Waals surface area contributed by atoms with E-state index in [0.717, 1.165) is 31.9 Å². The van der Waals surface area contributed by atoms with Gasteiger partial charge in [-0.2, -0.15) is 13.2 Å². The van der Waals surface area contributed by atoms with Gasteiger partial charge in [0.15, 0.2) is 11.4 Å². The van der Waals surface area contributed by atoms with Crippen LogP contribution in [0.5, 0.6) is 0 Å². The molecule has 0 amide bonds. The highest BCUT2D eigenvalue weighted by molar-refractivity contribution is 5.80. The van der Waals surface area contributed by atoms with Crippen molar-refractivity contribution in [2.75, 3.05) is 31.1 Å². The number of nitrogens with one attached hydrogen (secondary N) is 2. The van der Waals surface area contributed by atoms with Crippen LogP contribution >= 0.6 is 0 Å². The number of fused-ring (bicyclic) bond motifs is 1. The van der Waals surface area contributed by atoms with Crippen LogP contribution in [0.1, 0.15) is 5.56 Å². The molecular formula is C17H14F4N4O2. The lowest BCUT2D eigenvalue weighted by Gasteiger charge is -2.29. The van der Waals surface area contributed by atoms with Gasteiger partial charge in [-0.1, -0.05) is 0 Å². The number of hydrogen-bond acceptors (Lipinski definition) is 5. The average molecular weight is 382 g/mol. The van der Waals surface area contributed by atoms with Gasteiger partial charge in [0, 0.05) is 31.9 Å². The molecule has 6 nitrogen and oxygen atoms in total. The Morgan fingerprint density at radius 3 is 2.59 bits per heavy atom. The summed E-state index contributed by atoms with van der Waals surface area (Å²) in [4.78, 5) is 19.9. The molecule has 1 fully saturated rings. The van der Waals surface area contributed by atoms with Gasteiger partial charge in [0.2, 0.25) is 5.89 Å². The van der Waals surface area contributed by atoms with E-state index < -0.39 is 23.1 Å². The zero-order chi connectivity index (χ0) is 19.2. The van der Waals surface area contributed by atoms with Crippen molar-refractivity contribution in [1.29, 1.82) is 0 Å². The fraction of sp³-hybridized carbons (Fsp3) is 0.294. The molecular weight excluding hydrogens is 368 g/mol. The van der Waals surface area contributed by atoms with Gasteiger partial charge in [0.25, 0.3) is 5.56 Å². The van der Waals surface area contributed by atoms with E-state index in [1.165, 1.54) is 0 Å². The number of alkyl halides is 3. The smallest absolute Gasteiger partial charge is 0.419 e. The van der Waals surface area contributed by atoms with Crippen molar-refractivity contribution in [3.05, 3.63) is 46.0 Å². The lowest BCUT2D eigenvalue weighted by molar-refractivity contribution is -0.140. The quantitative estimate of drug-likeness (QED) is 0.667. The van der Waals surface area contributed by atoms with Crippen LogP contribution in [0.25, 0.3) is 22.7 Å². The van der Waals surface area contributed by atoms with Crippen LogP contribution in [0, 0.1) is 5.82 Å². The first-order valence-electron chi connectivity index (χ1n) is 8.19. The van der Waals surface area contributed by atoms with E-state index in [1.54, 1.807) is 12.1 Å². The summed E-state index contributed by atoms with van der Waals surface area (Å²) in [6.07, 6.45) is -5.01. The summed E-state index contributed by atoms with van der Waals surface area (Å²) in [5.74, 6) is -2.10. The van der Waals surface area contributed by atoms with E-state index in [0.29, 0.717) is 17.2 Å². The molecule has 27 heavy (non-hydrogen) atoms. The summed E-state index contributed by atoms with van der Waals surface area (Å²) in [5, 5.41) is 3.24. The number of oxazole rings is 1. The van der Waals surface area contributed by atoms with E-state index in [-0.39, 0.29) is 11.6 Å². The molecule has 2 N–H and O–H groups in total. The zero-order valence-electron chi connectivity index (χ0n) is 13.9. The minimum Gasteiger partial charge on any atom is -0.435 e. The van der Waals surface area contributed by atoms with E-state index >= 15 is 0 Å². The lowest BCUT2D eigenvalue weighted by atomic mass is 10.2. The lowest BCUT2D eigenvalue weighted by Crippen LogP contribution is -2.43. The number of aromatic nitrogens is 2. The third kappa shape index (κ3) is 3.27. The zero-order valence-corrected chi connectivity index (χ0v) is 13.9. The third-order valence-corrected chi connectivity index (χ3v) is 4.36. The van der Waals surface area contributed by atoms with Crippen LogP contribution < -0.4 is 15.8 Å². The molecule has 0 aliphatic carbocycles. The molecule has 2 aromatic heterocycles. The molecule has 1 aliphatic rings. The molecule has 3 heterocycles. The van der Waals surface area contributed by atoms with E-state index in [9.17, 15) is 22.4 Å². The van der Waals surface area contributed by atoms with Crippen molar-refractivity contribution in [2.24, 2.45) is 0 Å². The summed E-state index contributed by atoms with van der Waals surface area (Å²) in [6.45, 7) is 3.32. The van der Waals surface area contributed by atoms with Gasteiger partial charge in [-0.3, -0.25) is 4.79 Å². The molecule has 0 unspecified atom stereocenters. The fourth-order valence-corrected chi connectivity index (χ4v) is 3.02. The predicted octanol–water partition coefficient (Wildman–Crippen LogP) is 2.75. The third-order valence-electron chi connectivity index (χ3n) is 4.36. The van der Waals surface area contributed by atoms with E-state index in [4.69, 9.17) is 4.42 Å². The van der Waals surface area contributed by atoms with E-state index in [1.807, 2.05) is 11.1 Å². The van der Waals surface area contributed by atoms with Gasteiger partial charge in [-0.15, -0.1) is 0 Å². The topological polar surface area (TPSA) is 74.2 Å². The number of piperazine rings is 1. The Labute approximate surface area is 149 Å². The molecule has 10 heteroatoms. The first-order chi connectivity index (χ1) is 12.8. The Hall–Kier alpha value is -2.88. The maximum atomic E-state index is 13.5. The minimum atomic E-state index is -5.01. The minimum absolute atomic E-state index is 0.218. The SMILES string of the molecule is O=c1[nH]c(-c2nc3cc(N4CCNCC4)ccc3o2)cc(C(F)(F)F)c1F. The van der Waals surface area contributed by atoms with E-state index in [2.05, 4.69) is 15.2 Å². The number of nitrogens with zero attached hydrogens (tertiary/aromatic N) is 2. The molecule has 4 rings (SSSR count). The number of hydrogen-bond donors (Lipinski definition) is 2. The first kappa shape index (κ1) is 17.5. The normalized spacial score (nSPS) is 15.5. The average Bonchev–Trinajstić information content (AvgIpc) is 3.07. The molecule has 0 saturated carbocycles. The van der Waals surface area contributed by atoms with Gasteiger partial charge in [-0.25, -0.2) is 9.37 Å². The summed E-state index contributed by atoms with van der Waals surface area (Å²) in [7, 11) is 0.